The van der Waals surface area contributed by atoms with Gasteiger partial charge in [-0.25, -0.2) is 0 Å². The van der Waals surface area contributed by atoms with Gasteiger partial charge in [-0.1, -0.05) is 18.5 Å². The monoisotopic (exact) mass is 272 g/mol. The summed E-state index contributed by atoms with van der Waals surface area (Å²) in [5.41, 5.74) is 3.48. The van der Waals surface area contributed by atoms with Crippen LogP contribution in [0.2, 0.25) is 5.02 Å². The third-order valence-electron chi connectivity index (χ3n) is 2.94. The molecule has 1 unspecified atom stereocenters. The lowest BCUT2D eigenvalue weighted by atomic mass is 9.95. The van der Waals surface area contributed by atoms with Crippen LogP contribution in [0, 0.1) is 19.8 Å². The maximum atomic E-state index is 6.24. The minimum absolute atomic E-state index is 0.522. The fourth-order valence-electron chi connectivity index (χ4n) is 1.92. The van der Waals surface area contributed by atoms with E-state index >= 15 is 0 Å². The van der Waals surface area contributed by atoms with Crippen LogP contribution in [-0.4, -0.2) is 12.4 Å². The van der Waals surface area contributed by atoms with Gasteiger partial charge in [0.15, 0.2) is 0 Å². The van der Waals surface area contributed by atoms with E-state index in [4.69, 9.17) is 16.3 Å². The molecule has 0 radical (unpaired) electrons. The highest BCUT2D eigenvalue weighted by Crippen LogP contribution is 2.34. The van der Waals surface area contributed by atoms with Gasteiger partial charge < -0.3 is 4.74 Å². The Morgan fingerprint density at radius 2 is 2.06 bits per heavy atom. The molecule has 0 fully saturated rings. The topological polar surface area (TPSA) is 9.23 Å². The van der Waals surface area contributed by atoms with Crippen LogP contribution in [0.3, 0.4) is 0 Å². The van der Waals surface area contributed by atoms with Gasteiger partial charge in [0.25, 0.3) is 0 Å². The van der Waals surface area contributed by atoms with E-state index < -0.39 is 0 Å². The first kappa shape index (κ1) is 14.7. The average Bonchev–Trinajstić information content (AvgIpc) is 2.30. The lowest BCUT2D eigenvalue weighted by Gasteiger charge is -2.19. The van der Waals surface area contributed by atoms with E-state index in [-0.39, 0.29) is 0 Å². The van der Waals surface area contributed by atoms with E-state index in [0.717, 1.165) is 34.1 Å². The summed E-state index contributed by atoms with van der Waals surface area (Å²) in [7, 11) is 0. The van der Waals surface area contributed by atoms with Crippen molar-refractivity contribution in [1.29, 1.82) is 0 Å². The van der Waals surface area contributed by atoms with Crippen LogP contribution in [0.5, 0.6) is 5.75 Å². The molecule has 0 aliphatic carbocycles. The molecule has 1 aromatic rings. The Kier molecular flexibility index (Phi) is 5.68. The summed E-state index contributed by atoms with van der Waals surface area (Å²) in [6, 6.07) is 1.98. The average molecular weight is 273 g/mol. The maximum absolute atomic E-state index is 6.24. The van der Waals surface area contributed by atoms with E-state index in [1.807, 2.05) is 19.9 Å². The minimum atomic E-state index is 0.522. The Balaban J connectivity index is 3.21. The SMILES string of the molecule is CCOc1c(C)cc(Cl)c(C)c1CC(C)CS. The standard InChI is InChI=1S/C14H21ClOS/c1-5-16-14-10(3)7-13(15)11(4)12(14)6-9(2)8-17/h7,9,17H,5-6,8H2,1-4H3. The second-order valence-electron chi connectivity index (χ2n) is 4.53. The largest absolute Gasteiger partial charge is 0.493 e. The molecule has 0 aromatic heterocycles. The Hall–Kier alpha value is -0.340. The van der Waals surface area contributed by atoms with Crippen LogP contribution < -0.4 is 4.74 Å². The highest BCUT2D eigenvalue weighted by Gasteiger charge is 2.15. The lowest BCUT2D eigenvalue weighted by Crippen LogP contribution is -2.07. The van der Waals surface area contributed by atoms with Gasteiger partial charge in [0.1, 0.15) is 5.75 Å². The predicted molar refractivity (Wildman–Crippen MR) is 78.8 cm³/mol. The molecule has 1 aromatic carbocycles. The van der Waals surface area contributed by atoms with Crippen LogP contribution >= 0.6 is 24.2 Å². The molecular formula is C14H21ClOS. The summed E-state index contributed by atoms with van der Waals surface area (Å²) >= 11 is 10.6. The highest BCUT2D eigenvalue weighted by atomic mass is 35.5. The van der Waals surface area contributed by atoms with Crippen LogP contribution in [0.25, 0.3) is 0 Å². The summed E-state index contributed by atoms with van der Waals surface area (Å²) in [4.78, 5) is 0. The molecule has 1 rings (SSSR count). The summed E-state index contributed by atoms with van der Waals surface area (Å²) in [5.74, 6) is 2.40. The van der Waals surface area contributed by atoms with Crippen molar-refractivity contribution in [1.82, 2.24) is 0 Å². The van der Waals surface area contributed by atoms with Gasteiger partial charge >= 0.3 is 0 Å². The number of aryl methyl sites for hydroxylation is 1. The van der Waals surface area contributed by atoms with Gasteiger partial charge in [0.05, 0.1) is 6.61 Å². The third-order valence-corrected chi connectivity index (χ3v) is 3.96. The lowest BCUT2D eigenvalue weighted by molar-refractivity contribution is 0.332. The van der Waals surface area contributed by atoms with Crippen molar-refractivity contribution < 1.29 is 4.74 Å². The molecule has 17 heavy (non-hydrogen) atoms. The quantitative estimate of drug-likeness (QED) is 0.779. The summed E-state index contributed by atoms with van der Waals surface area (Å²) in [6.07, 6.45) is 0.964. The summed E-state index contributed by atoms with van der Waals surface area (Å²) < 4.78 is 5.77. The minimum Gasteiger partial charge on any atom is -0.493 e. The summed E-state index contributed by atoms with van der Waals surface area (Å²) in [5, 5.41) is 0.826. The number of hydrogen-bond acceptors (Lipinski definition) is 2. The van der Waals surface area contributed by atoms with E-state index in [0.29, 0.717) is 12.5 Å². The van der Waals surface area contributed by atoms with Crippen molar-refractivity contribution >= 4 is 24.2 Å². The van der Waals surface area contributed by atoms with Crippen LogP contribution in [0.4, 0.5) is 0 Å². The van der Waals surface area contributed by atoms with Crippen molar-refractivity contribution in [3.8, 4) is 5.75 Å². The van der Waals surface area contributed by atoms with E-state index in [2.05, 4.69) is 26.5 Å². The molecule has 0 heterocycles. The number of ether oxygens (including phenoxy) is 1. The molecule has 0 saturated heterocycles. The van der Waals surface area contributed by atoms with Gasteiger partial charge in [0.2, 0.25) is 0 Å². The molecule has 0 aliphatic heterocycles. The highest BCUT2D eigenvalue weighted by molar-refractivity contribution is 7.80. The molecule has 0 amide bonds. The second kappa shape index (κ2) is 6.55. The zero-order chi connectivity index (χ0) is 13.0. The van der Waals surface area contributed by atoms with E-state index in [1.54, 1.807) is 0 Å². The molecule has 0 bridgehead atoms. The normalized spacial score (nSPS) is 12.6. The number of hydrogen-bond donors (Lipinski definition) is 1. The Morgan fingerprint density at radius 1 is 1.41 bits per heavy atom. The molecule has 1 nitrogen and oxygen atoms in total. The van der Waals surface area contributed by atoms with E-state index in [1.165, 1.54) is 5.56 Å². The fourth-order valence-corrected chi connectivity index (χ4v) is 2.33. The van der Waals surface area contributed by atoms with Gasteiger partial charge in [-0.05, 0) is 61.6 Å². The predicted octanol–water partition coefficient (Wildman–Crippen LogP) is 4.46. The first-order chi connectivity index (χ1) is 8.01. The number of thiol groups is 1. The Labute approximate surface area is 115 Å². The van der Waals surface area contributed by atoms with Gasteiger partial charge in [-0.15, -0.1) is 0 Å². The molecule has 3 heteroatoms. The van der Waals surface area contributed by atoms with Crippen LogP contribution in [0.1, 0.15) is 30.5 Å². The number of rotatable bonds is 5. The molecule has 1 atom stereocenters. The van der Waals surface area contributed by atoms with Gasteiger partial charge in [-0.3, -0.25) is 0 Å². The number of benzene rings is 1. The molecule has 0 aliphatic rings. The van der Waals surface area contributed by atoms with Crippen LogP contribution in [-0.2, 0) is 6.42 Å². The Morgan fingerprint density at radius 3 is 2.59 bits per heavy atom. The molecule has 0 N–H and O–H groups in total. The molecule has 96 valence electrons. The van der Waals surface area contributed by atoms with E-state index in [9.17, 15) is 0 Å². The molecular weight excluding hydrogens is 252 g/mol. The van der Waals surface area contributed by atoms with Crippen molar-refractivity contribution in [2.45, 2.75) is 34.1 Å². The van der Waals surface area contributed by atoms with Gasteiger partial charge in [0, 0.05) is 5.02 Å². The fraction of sp³-hybridized carbons (Fsp3) is 0.571. The molecule has 0 saturated carbocycles. The van der Waals surface area contributed by atoms with Crippen molar-refractivity contribution in [2.24, 2.45) is 5.92 Å². The Bertz CT molecular complexity index is 390. The zero-order valence-corrected chi connectivity index (χ0v) is 12.7. The maximum Gasteiger partial charge on any atom is 0.125 e. The van der Waals surface area contributed by atoms with Crippen molar-refractivity contribution in [3.05, 3.63) is 27.8 Å². The third kappa shape index (κ3) is 3.56. The first-order valence-electron chi connectivity index (χ1n) is 6.03. The smallest absolute Gasteiger partial charge is 0.125 e. The summed E-state index contributed by atoms with van der Waals surface area (Å²) in [6.45, 7) is 8.99. The van der Waals surface area contributed by atoms with Crippen LogP contribution in [0.15, 0.2) is 6.07 Å². The van der Waals surface area contributed by atoms with Gasteiger partial charge in [-0.2, -0.15) is 12.6 Å². The number of halogens is 1. The second-order valence-corrected chi connectivity index (χ2v) is 5.31. The molecule has 0 spiro atoms. The van der Waals surface area contributed by atoms with Crippen molar-refractivity contribution in [3.63, 3.8) is 0 Å². The van der Waals surface area contributed by atoms with Crippen molar-refractivity contribution in [2.75, 3.05) is 12.4 Å². The zero-order valence-electron chi connectivity index (χ0n) is 11.0. The first-order valence-corrected chi connectivity index (χ1v) is 7.04.